The van der Waals surface area contributed by atoms with Crippen LogP contribution in [0, 0.1) is 18.8 Å². The molecule has 1 fully saturated rings. The number of hydrogen-bond acceptors (Lipinski definition) is 4. The van der Waals surface area contributed by atoms with Crippen molar-refractivity contribution in [2.75, 3.05) is 26.3 Å². The lowest BCUT2D eigenvalue weighted by atomic mass is 10.1. The number of ether oxygens (including phenoxy) is 1. The van der Waals surface area contributed by atoms with Gasteiger partial charge in [-0.1, -0.05) is 48.6 Å². The van der Waals surface area contributed by atoms with Gasteiger partial charge in [-0.25, -0.2) is 4.98 Å². The van der Waals surface area contributed by atoms with Crippen molar-refractivity contribution >= 4 is 11.6 Å². The van der Waals surface area contributed by atoms with Crippen LogP contribution in [-0.4, -0.2) is 47.3 Å². The molecule has 188 valence electrons. The van der Waals surface area contributed by atoms with Crippen molar-refractivity contribution in [3.63, 3.8) is 0 Å². The third kappa shape index (κ3) is 7.58. The number of rotatable bonds is 10. The predicted octanol–water partition coefficient (Wildman–Crippen LogP) is 6.51. The molecule has 0 radical (unpaired) electrons. The average Bonchev–Trinajstić information content (AvgIpc) is 3.44. The lowest BCUT2D eigenvalue weighted by molar-refractivity contribution is 0.162. The zero-order valence-electron chi connectivity index (χ0n) is 21.0. The van der Waals surface area contributed by atoms with E-state index in [0.29, 0.717) is 12.6 Å². The Labute approximate surface area is 220 Å². The highest BCUT2D eigenvalue weighted by molar-refractivity contribution is 6.30. The van der Waals surface area contributed by atoms with Crippen LogP contribution in [0.4, 0.5) is 0 Å². The quantitative estimate of drug-likeness (QED) is 0.253. The van der Waals surface area contributed by atoms with Gasteiger partial charge in [0, 0.05) is 48.1 Å². The summed E-state index contributed by atoms with van der Waals surface area (Å²) in [5.74, 6) is 7.28. The Balaban J connectivity index is 1.28. The SMILES string of the molecule is Cc1cc(C#Cc2ccc(-c3ccc(Cl)cc3)cn2)ccc1OCCCN(CCCO)C1CCCC1. The van der Waals surface area contributed by atoms with Crippen LogP contribution >= 0.6 is 11.6 Å². The van der Waals surface area contributed by atoms with Gasteiger partial charge in [0.15, 0.2) is 0 Å². The van der Waals surface area contributed by atoms with Crippen molar-refractivity contribution in [3.05, 3.63) is 82.6 Å². The molecule has 36 heavy (non-hydrogen) atoms. The molecule has 4 rings (SSSR count). The number of aryl methyl sites for hydroxylation is 1. The molecule has 1 aliphatic carbocycles. The van der Waals surface area contributed by atoms with Crippen LogP contribution in [-0.2, 0) is 0 Å². The number of aliphatic hydroxyl groups is 1. The van der Waals surface area contributed by atoms with Gasteiger partial charge in [0.1, 0.15) is 11.4 Å². The average molecular weight is 503 g/mol. The number of pyridine rings is 1. The molecule has 0 amide bonds. The van der Waals surface area contributed by atoms with Gasteiger partial charge < -0.3 is 14.7 Å². The standard InChI is InChI=1S/C31H35ClN2O2/c1-24-22-25(8-15-29-16-12-27(23-33-29)26-10-13-28(32)14-11-26)9-17-31(24)36-21-5-19-34(18-4-20-35)30-6-2-3-7-30/h9-14,16-17,22-23,30,35H,2-7,18-21H2,1H3. The second-order valence-electron chi connectivity index (χ2n) is 9.42. The molecule has 1 saturated carbocycles. The predicted molar refractivity (Wildman–Crippen MR) is 147 cm³/mol. The van der Waals surface area contributed by atoms with Crippen molar-refractivity contribution < 1.29 is 9.84 Å². The first-order valence-electron chi connectivity index (χ1n) is 12.9. The van der Waals surface area contributed by atoms with E-state index in [1.165, 1.54) is 25.7 Å². The highest BCUT2D eigenvalue weighted by atomic mass is 35.5. The fourth-order valence-electron chi connectivity index (χ4n) is 4.78. The van der Waals surface area contributed by atoms with Crippen molar-refractivity contribution in [2.45, 2.75) is 51.5 Å². The summed E-state index contributed by atoms with van der Waals surface area (Å²) in [5, 5.41) is 9.95. The molecule has 5 heteroatoms. The Morgan fingerprint density at radius 3 is 2.42 bits per heavy atom. The molecule has 0 aliphatic heterocycles. The normalized spacial score (nSPS) is 13.6. The summed E-state index contributed by atoms with van der Waals surface area (Å²) < 4.78 is 6.09. The van der Waals surface area contributed by atoms with Crippen LogP contribution in [0.1, 0.15) is 55.3 Å². The number of hydrogen-bond donors (Lipinski definition) is 1. The van der Waals surface area contributed by atoms with Crippen LogP contribution in [0.25, 0.3) is 11.1 Å². The molecule has 3 aromatic rings. The van der Waals surface area contributed by atoms with Crippen LogP contribution in [0.3, 0.4) is 0 Å². The van der Waals surface area contributed by atoms with Gasteiger partial charge in [-0.15, -0.1) is 0 Å². The van der Waals surface area contributed by atoms with E-state index in [4.69, 9.17) is 16.3 Å². The van der Waals surface area contributed by atoms with Gasteiger partial charge in [0.05, 0.1) is 6.61 Å². The first kappa shape index (κ1) is 26.2. The maximum Gasteiger partial charge on any atom is 0.122 e. The smallest absolute Gasteiger partial charge is 0.122 e. The number of aromatic nitrogens is 1. The number of benzene rings is 2. The lowest BCUT2D eigenvalue weighted by Crippen LogP contribution is -2.36. The molecule has 0 atom stereocenters. The topological polar surface area (TPSA) is 45.6 Å². The Morgan fingerprint density at radius 2 is 1.72 bits per heavy atom. The van der Waals surface area contributed by atoms with Gasteiger partial charge in [-0.2, -0.15) is 0 Å². The Morgan fingerprint density at radius 1 is 0.972 bits per heavy atom. The van der Waals surface area contributed by atoms with Crippen LogP contribution < -0.4 is 4.74 Å². The second-order valence-corrected chi connectivity index (χ2v) is 9.86. The van der Waals surface area contributed by atoms with E-state index in [1.54, 1.807) is 0 Å². The molecular formula is C31H35ClN2O2. The van der Waals surface area contributed by atoms with E-state index in [-0.39, 0.29) is 6.61 Å². The van der Waals surface area contributed by atoms with E-state index >= 15 is 0 Å². The first-order chi connectivity index (χ1) is 17.6. The second kappa shape index (κ2) is 13.5. The van der Waals surface area contributed by atoms with E-state index < -0.39 is 0 Å². The fourth-order valence-corrected chi connectivity index (χ4v) is 4.90. The summed E-state index contributed by atoms with van der Waals surface area (Å²) in [6, 6.07) is 18.5. The van der Waals surface area contributed by atoms with E-state index in [1.807, 2.05) is 54.7 Å². The monoisotopic (exact) mass is 502 g/mol. The molecule has 0 spiro atoms. The molecule has 1 heterocycles. The molecular weight excluding hydrogens is 468 g/mol. The fraction of sp³-hybridized carbons (Fsp3) is 0.387. The maximum atomic E-state index is 9.23. The highest BCUT2D eigenvalue weighted by Gasteiger charge is 2.21. The number of halogens is 1. The summed E-state index contributed by atoms with van der Waals surface area (Å²) in [7, 11) is 0. The lowest BCUT2D eigenvalue weighted by Gasteiger charge is -2.28. The molecule has 2 aromatic carbocycles. The summed E-state index contributed by atoms with van der Waals surface area (Å²) in [6.45, 7) is 5.02. The zero-order valence-corrected chi connectivity index (χ0v) is 21.8. The van der Waals surface area contributed by atoms with Gasteiger partial charge in [0.2, 0.25) is 0 Å². The van der Waals surface area contributed by atoms with Crippen molar-refractivity contribution in [1.82, 2.24) is 9.88 Å². The largest absolute Gasteiger partial charge is 0.493 e. The molecule has 4 nitrogen and oxygen atoms in total. The molecule has 1 aliphatic rings. The van der Waals surface area contributed by atoms with Crippen LogP contribution in [0.5, 0.6) is 5.75 Å². The minimum atomic E-state index is 0.263. The van der Waals surface area contributed by atoms with Gasteiger partial charge in [0.25, 0.3) is 0 Å². The van der Waals surface area contributed by atoms with E-state index in [0.717, 1.165) is 64.7 Å². The Hall–Kier alpha value is -2.84. The number of aliphatic hydroxyl groups excluding tert-OH is 1. The first-order valence-corrected chi connectivity index (χ1v) is 13.3. The van der Waals surface area contributed by atoms with Crippen molar-refractivity contribution in [2.24, 2.45) is 0 Å². The third-order valence-corrected chi connectivity index (χ3v) is 6.99. The van der Waals surface area contributed by atoms with Gasteiger partial charge in [-0.3, -0.25) is 0 Å². The molecule has 1 aromatic heterocycles. The Kier molecular flexibility index (Phi) is 9.81. The van der Waals surface area contributed by atoms with Gasteiger partial charge >= 0.3 is 0 Å². The minimum Gasteiger partial charge on any atom is -0.493 e. The van der Waals surface area contributed by atoms with Crippen molar-refractivity contribution in [3.8, 4) is 28.7 Å². The minimum absolute atomic E-state index is 0.263. The van der Waals surface area contributed by atoms with E-state index in [9.17, 15) is 5.11 Å². The van der Waals surface area contributed by atoms with Crippen LogP contribution in [0.15, 0.2) is 60.8 Å². The molecule has 1 N–H and O–H groups in total. The maximum absolute atomic E-state index is 9.23. The number of nitrogens with zero attached hydrogens (tertiary/aromatic N) is 2. The van der Waals surface area contributed by atoms with Crippen LogP contribution in [0.2, 0.25) is 5.02 Å². The summed E-state index contributed by atoms with van der Waals surface area (Å²) in [4.78, 5) is 7.04. The zero-order chi connectivity index (χ0) is 25.2. The Bertz CT molecular complexity index is 1160. The molecule has 0 saturated heterocycles. The van der Waals surface area contributed by atoms with Crippen molar-refractivity contribution in [1.29, 1.82) is 0 Å². The highest BCUT2D eigenvalue weighted by Crippen LogP contribution is 2.24. The molecule has 0 unspecified atom stereocenters. The summed E-state index contributed by atoms with van der Waals surface area (Å²) in [6.07, 6.45) is 8.91. The molecule has 0 bridgehead atoms. The third-order valence-electron chi connectivity index (χ3n) is 6.74. The van der Waals surface area contributed by atoms with E-state index in [2.05, 4.69) is 34.7 Å². The van der Waals surface area contributed by atoms with Gasteiger partial charge in [-0.05, 0) is 86.1 Å². The summed E-state index contributed by atoms with van der Waals surface area (Å²) in [5.41, 5.74) is 4.88. The summed E-state index contributed by atoms with van der Waals surface area (Å²) >= 11 is 5.97.